The van der Waals surface area contributed by atoms with Crippen LogP contribution in [0.1, 0.15) is 5.56 Å². The number of hydrogen-bond donors (Lipinski definition) is 0. The topological polar surface area (TPSA) is 17.8 Å². The first-order valence-corrected chi connectivity index (χ1v) is 4.52. The summed E-state index contributed by atoms with van der Waals surface area (Å²) in [5, 5.41) is 0.131. The molecule has 1 aromatic heterocycles. The molecule has 0 saturated carbocycles. The second-order valence-corrected chi connectivity index (χ2v) is 3.36. The Morgan fingerprint density at radius 1 is 1.29 bits per heavy atom. The van der Waals surface area contributed by atoms with Crippen LogP contribution in [-0.4, -0.2) is 9.55 Å². The molecule has 0 bridgehead atoms. The highest BCUT2D eigenvalue weighted by atomic mass is 35.5. The molecule has 0 fully saturated rings. The van der Waals surface area contributed by atoms with Gasteiger partial charge in [-0.15, -0.1) is 0 Å². The molecule has 72 valence electrons. The van der Waals surface area contributed by atoms with E-state index in [-0.39, 0.29) is 5.28 Å². The number of hydrogen-bond acceptors (Lipinski definition) is 1. The fourth-order valence-corrected chi connectivity index (χ4v) is 1.46. The van der Waals surface area contributed by atoms with Gasteiger partial charge in [-0.05, 0) is 30.7 Å². The van der Waals surface area contributed by atoms with Gasteiger partial charge in [0.25, 0.3) is 0 Å². The molecule has 0 amide bonds. The Morgan fingerprint density at radius 3 is 2.43 bits per heavy atom. The maximum absolute atomic E-state index is 13.2. The van der Waals surface area contributed by atoms with Crippen molar-refractivity contribution < 1.29 is 4.39 Å². The highest BCUT2D eigenvalue weighted by molar-refractivity contribution is 6.28. The van der Waals surface area contributed by atoms with Crippen molar-refractivity contribution in [3.63, 3.8) is 0 Å². The average Bonchev–Trinajstić information content (AvgIpc) is 2.49. The van der Waals surface area contributed by atoms with E-state index in [1.165, 1.54) is 4.57 Å². The summed E-state index contributed by atoms with van der Waals surface area (Å²) in [6.07, 6.45) is 1.10. The first-order chi connectivity index (χ1) is 6.68. The lowest BCUT2D eigenvalue weighted by molar-refractivity contribution is 0.560. The summed E-state index contributed by atoms with van der Waals surface area (Å²) in [4.78, 5) is 3.67. The number of aryl methyl sites for hydroxylation is 1. The van der Waals surface area contributed by atoms with E-state index in [9.17, 15) is 4.39 Å². The minimum Gasteiger partial charge on any atom is -0.260 e. The predicted molar refractivity (Wildman–Crippen MR) is 53.3 cm³/mol. The fraction of sp³-hybridized carbons (Fsp3) is 0.100. The summed E-state index contributed by atoms with van der Waals surface area (Å²) in [7, 11) is 0. The minimum atomic E-state index is -0.459. The number of imidazole rings is 1. The fourth-order valence-electron chi connectivity index (χ4n) is 1.23. The summed E-state index contributed by atoms with van der Waals surface area (Å²) in [5.74, 6) is -0.459. The standard InChI is InChI=1S/C10H8ClFN2/c1-7-2-4-8(5-3-7)14-9(12)6-13-10(14)11/h2-6H,1H3. The van der Waals surface area contributed by atoms with Crippen LogP contribution in [0, 0.1) is 12.9 Å². The summed E-state index contributed by atoms with van der Waals surface area (Å²) in [6.45, 7) is 1.97. The van der Waals surface area contributed by atoms with Crippen LogP contribution >= 0.6 is 11.6 Å². The minimum absolute atomic E-state index is 0.131. The van der Waals surface area contributed by atoms with E-state index in [4.69, 9.17) is 11.6 Å². The van der Waals surface area contributed by atoms with Gasteiger partial charge in [0.15, 0.2) is 0 Å². The van der Waals surface area contributed by atoms with Crippen molar-refractivity contribution in [1.82, 2.24) is 9.55 Å². The van der Waals surface area contributed by atoms with Crippen molar-refractivity contribution in [2.75, 3.05) is 0 Å². The number of aromatic nitrogens is 2. The lowest BCUT2D eigenvalue weighted by Crippen LogP contribution is -1.96. The molecule has 0 atom stereocenters. The number of halogens is 2. The molecule has 0 N–H and O–H groups in total. The van der Waals surface area contributed by atoms with E-state index >= 15 is 0 Å². The predicted octanol–water partition coefficient (Wildman–Crippen LogP) is 2.97. The first kappa shape index (κ1) is 9.21. The SMILES string of the molecule is Cc1ccc(-n2c(F)cnc2Cl)cc1. The Hall–Kier alpha value is -1.35. The molecule has 4 heteroatoms. The highest BCUT2D eigenvalue weighted by Crippen LogP contribution is 2.17. The van der Waals surface area contributed by atoms with Crippen molar-refractivity contribution in [2.24, 2.45) is 0 Å². The third-order valence-corrected chi connectivity index (χ3v) is 2.23. The maximum Gasteiger partial charge on any atom is 0.219 e. The zero-order valence-corrected chi connectivity index (χ0v) is 8.29. The molecule has 2 nitrogen and oxygen atoms in total. The number of nitrogens with zero attached hydrogens (tertiary/aromatic N) is 2. The molecule has 0 spiro atoms. The van der Waals surface area contributed by atoms with Crippen LogP contribution in [0.3, 0.4) is 0 Å². The van der Waals surface area contributed by atoms with Crippen LogP contribution in [0.4, 0.5) is 4.39 Å². The number of rotatable bonds is 1. The van der Waals surface area contributed by atoms with Gasteiger partial charge in [0.2, 0.25) is 11.2 Å². The smallest absolute Gasteiger partial charge is 0.219 e. The summed E-state index contributed by atoms with van der Waals surface area (Å²) < 4.78 is 14.5. The molecule has 1 heterocycles. The van der Waals surface area contributed by atoms with Gasteiger partial charge in [-0.3, -0.25) is 4.57 Å². The molecule has 0 saturated heterocycles. The second-order valence-electron chi connectivity index (χ2n) is 3.02. The largest absolute Gasteiger partial charge is 0.260 e. The van der Waals surface area contributed by atoms with Crippen LogP contribution < -0.4 is 0 Å². The van der Waals surface area contributed by atoms with Crippen molar-refractivity contribution in [2.45, 2.75) is 6.92 Å². The second kappa shape index (κ2) is 3.42. The molecule has 0 aliphatic carbocycles. The van der Waals surface area contributed by atoms with E-state index in [2.05, 4.69) is 4.98 Å². The quantitative estimate of drug-likeness (QED) is 0.708. The van der Waals surface area contributed by atoms with E-state index in [1.807, 2.05) is 19.1 Å². The zero-order valence-electron chi connectivity index (χ0n) is 7.54. The summed E-state index contributed by atoms with van der Waals surface area (Å²) >= 11 is 5.73. The third kappa shape index (κ3) is 1.51. The van der Waals surface area contributed by atoms with Gasteiger partial charge in [0, 0.05) is 0 Å². The van der Waals surface area contributed by atoms with Gasteiger partial charge in [0.1, 0.15) is 0 Å². The zero-order chi connectivity index (χ0) is 10.1. The van der Waals surface area contributed by atoms with Crippen LogP contribution in [-0.2, 0) is 0 Å². The van der Waals surface area contributed by atoms with Gasteiger partial charge < -0.3 is 0 Å². The lowest BCUT2D eigenvalue weighted by Gasteiger charge is -2.04. The normalized spacial score (nSPS) is 10.5. The Labute approximate surface area is 86.0 Å². The number of benzene rings is 1. The third-order valence-electron chi connectivity index (χ3n) is 1.97. The Balaban J connectivity index is 2.54. The maximum atomic E-state index is 13.2. The van der Waals surface area contributed by atoms with Crippen molar-refractivity contribution in [3.8, 4) is 5.69 Å². The lowest BCUT2D eigenvalue weighted by atomic mass is 10.2. The van der Waals surface area contributed by atoms with E-state index in [0.29, 0.717) is 5.69 Å². The van der Waals surface area contributed by atoms with Gasteiger partial charge >= 0.3 is 0 Å². The van der Waals surface area contributed by atoms with Crippen molar-refractivity contribution in [1.29, 1.82) is 0 Å². The molecular formula is C10H8ClFN2. The van der Waals surface area contributed by atoms with E-state index in [1.54, 1.807) is 12.1 Å². The molecule has 0 unspecified atom stereocenters. The molecule has 0 aliphatic heterocycles. The molecule has 1 aromatic carbocycles. The molecule has 2 rings (SSSR count). The van der Waals surface area contributed by atoms with Crippen molar-refractivity contribution in [3.05, 3.63) is 47.3 Å². The summed E-state index contributed by atoms with van der Waals surface area (Å²) in [5.41, 5.74) is 1.79. The Morgan fingerprint density at radius 2 is 1.93 bits per heavy atom. The van der Waals surface area contributed by atoms with Crippen LogP contribution in [0.5, 0.6) is 0 Å². The van der Waals surface area contributed by atoms with Gasteiger partial charge in [-0.25, -0.2) is 4.98 Å². The van der Waals surface area contributed by atoms with Crippen LogP contribution in [0.2, 0.25) is 5.28 Å². The molecule has 14 heavy (non-hydrogen) atoms. The molecule has 2 aromatic rings. The molecule has 0 aliphatic rings. The first-order valence-electron chi connectivity index (χ1n) is 4.14. The van der Waals surface area contributed by atoms with E-state index < -0.39 is 5.95 Å². The van der Waals surface area contributed by atoms with Crippen LogP contribution in [0.25, 0.3) is 5.69 Å². The molecular weight excluding hydrogens is 203 g/mol. The van der Waals surface area contributed by atoms with Gasteiger partial charge in [0.05, 0.1) is 11.9 Å². The van der Waals surface area contributed by atoms with E-state index in [0.717, 1.165) is 11.8 Å². The Bertz CT molecular complexity index is 428. The Kier molecular flexibility index (Phi) is 2.25. The summed E-state index contributed by atoms with van der Waals surface area (Å²) in [6, 6.07) is 7.38. The monoisotopic (exact) mass is 210 g/mol. The average molecular weight is 211 g/mol. The van der Waals surface area contributed by atoms with Gasteiger partial charge in [-0.1, -0.05) is 17.7 Å². The molecule has 0 radical (unpaired) electrons. The highest BCUT2D eigenvalue weighted by Gasteiger charge is 2.08. The van der Waals surface area contributed by atoms with Crippen molar-refractivity contribution >= 4 is 11.6 Å². The van der Waals surface area contributed by atoms with Gasteiger partial charge in [-0.2, -0.15) is 4.39 Å². The van der Waals surface area contributed by atoms with Crippen LogP contribution in [0.15, 0.2) is 30.5 Å².